The SMILES string of the molecule is CNC(c1cc(C)cc(C)c1)c1ccc(F)c(F)c1F. The molecule has 1 unspecified atom stereocenters. The van der Waals surface area contributed by atoms with Crippen molar-refractivity contribution in [2.45, 2.75) is 19.9 Å². The Morgan fingerprint density at radius 3 is 2.05 bits per heavy atom. The molecule has 2 aromatic rings. The van der Waals surface area contributed by atoms with E-state index in [1.807, 2.05) is 32.0 Å². The number of hydrogen-bond acceptors (Lipinski definition) is 1. The van der Waals surface area contributed by atoms with E-state index < -0.39 is 23.5 Å². The molecule has 0 aromatic heterocycles. The maximum atomic E-state index is 13.9. The second-order valence-corrected chi connectivity index (χ2v) is 4.91. The Labute approximate surface area is 116 Å². The smallest absolute Gasteiger partial charge is 0.194 e. The van der Waals surface area contributed by atoms with Crippen LogP contribution in [0.1, 0.15) is 28.3 Å². The lowest BCUT2D eigenvalue weighted by Crippen LogP contribution is -2.20. The van der Waals surface area contributed by atoms with Crippen LogP contribution in [0.25, 0.3) is 0 Å². The third-order valence-electron chi connectivity index (χ3n) is 3.24. The van der Waals surface area contributed by atoms with Crippen LogP contribution in [-0.4, -0.2) is 7.05 Å². The van der Waals surface area contributed by atoms with E-state index in [2.05, 4.69) is 5.32 Å². The summed E-state index contributed by atoms with van der Waals surface area (Å²) in [6.07, 6.45) is 0. The van der Waals surface area contributed by atoms with Crippen LogP contribution in [0.5, 0.6) is 0 Å². The third-order valence-corrected chi connectivity index (χ3v) is 3.24. The monoisotopic (exact) mass is 279 g/mol. The molecular weight excluding hydrogens is 263 g/mol. The zero-order chi connectivity index (χ0) is 14.9. The van der Waals surface area contributed by atoms with E-state index in [1.54, 1.807) is 7.05 Å². The molecule has 20 heavy (non-hydrogen) atoms. The molecule has 0 heterocycles. The van der Waals surface area contributed by atoms with Gasteiger partial charge in [0, 0.05) is 5.56 Å². The van der Waals surface area contributed by atoms with Crippen LogP contribution >= 0.6 is 0 Å². The Morgan fingerprint density at radius 1 is 0.900 bits per heavy atom. The van der Waals surface area contributed by atoms with Gasteiger partial charge in [-0.2, -0.15) is 0 Å². The van der Waals surface area contributed by atoms with Gasteiger partial charge in [0.05, 0.1) is 6.04 Å². The van der Waals surface area contributed by atoms with Crippen LogP contribution in [0.3, 0.4) is 0 Å². The Morgan fingerprint density at radius 2 is 1.50 bits per heavy atom. The molecule has 4 heteroatoms. The highest BCUT2D eigenvalue weighted by atomic mass is 19.2. The van der Waals surface area contributed by atoms with Gasteiger partial charge in [0.2, 0.25) is 0 Å². The normalized spacial score (nSPS) is 12.5. The van der Waals surface area contributed by atoms with Gasteiger partial charge in [0.1, 0.15) is 0 Å². The van der Waals surface area contributed by atoms with Crippen LogP contribution in [0.4, 0.5) is 13.2 Å². The van der Waals surface area contributed by atoms with Crippen molar-refractivity contribution in [3.05, 3.63) is 70.0 Å². The summed E-state index contributed by atoms with van der Waals surface area (Å²) in [5, 5.41) is 2.95. The van der Waals surface area contributed by atoms with Gasteiger partial charge in [-0.1, -0.05) is 35.4 Å². The fraction of sp³-hybridized carbons (Fsp3) is 0.250. The molecule has 2 aromatic carbocycles. The van der Waals surface area contributed by atoms with E-state index in [-0.39, 0.29) is 5.56 Å². The van der Waals surface area contributed by atoms with Crippen LogP contribution in [-0.2, 0) is 0 Å². The maximum Gasteiger partial charge on any atom is 0.194 e. The van der Waals surface area contributed by atoms with Crippen molar-refractivity contribution < 1.29 is 13.2 Å². The molecule has 0 bridgehead atoms. The van der Waals surface area contributed by atoms with E-state index in [0.717, 1.165) is 22.8 Å². The van der Waals surface area contributed by atoms with E-state index in [9.17, 15) is 13.2 Å². The standard InChI is InChI=1S/C16H16F3N/c1-9-6-10(2)8-11(7-9)16(20-3)12-4-5-13(17)15(19)14(12)18/h4-8,16,20H,1-3H3. The van der Waals surface area contributed by atoms with Crippen molar-refractivity contribution >= 4 is 0 Å². The van der Waals surface area contributed by atoms with Crippen molar-refractivity contribution in [2.24, 2.45) is 0 Å². The summed E-state index contributed by atoms with van der Waals surface area (Å²) in [7, 11) is 1.66. The Bertz CT molecular complexity index is 618. The summed E-state index contributed by atoms with van der Waals surface area (Å²) in [5.41, 5.74) is 2.97. The predicted octanol–water partition coefficient (Wildman–Crippen LogP) is 4.03. The molecule has 106 valence electrons. The molecule has 0 amide bonds. The Hall–Kier alpha value is -1.81. The second-order valence-electron chi connectivity index (χ2n) is 4.91. The van der Waals surface area contributed by atoms with E-state index in [4.69, 9.17) is 0 Å². The quantitative estimate of drug-likeness (QED) is 0.836. The Kier molecular flexibility index (Phi) is 4.14. The third kappa shape index (κ3) is 2.70. The largest absolute Gasteiger partial charge is 0.309 e. The number of benzene rings is 2. The minimum atomic E-state index is -1.44. The number of hydrogen-bond donors (Lipinski definition) is 1. The van der Waals surface area contributed by atoms with E-state index >= 15 is 0 Å². The predicted molar refractivity (Wildman–Crippen MR) is 73.1 cm³/mol. The van der Waals surface area contributed by atoms with E-state index in [1.165, 1.54) is 6.07 Å². The molecule has 0 aliphatic rings. The Balaban J connectivity index is 2.55. The fourth-order valence-corrected chi connectivity index (χ4v) is 2.44. The first kappa shape index (κ1) is 14.6. The summed E-state index contributed by atoms with van der Waals surface area (Å²) < 4.78 is 40.3. The van der Waals surface area contributed by atoms with Crippen molar-refractivity contribution in [1.82, 2.24) is 5.32 Å². The van der Waals surface area contributed by atoms with Crippen molar-refractivity contribution in [2.75, 3.05) is 7.05 Å². The van der Waals surface area contributed by atoms with Crippen LogP contribution in [0.15, 0.2) is 30.3 Å². The highest BCUT2D eigenvalue weighted by Gasteiger charge is 2.21. The zero-order valence-electron chi connectivity index (χ0n) is 11.6. The lowest BCUT2D eigenvalue weighted by Gasteiger charge is -2.19. The molecule has 1 atom stereocenters. The molecule has 0 spiro atoms. The summed E-state index contributed by atoms with van der Waals surface area (Å²) in [5.74, 6) is -3.77. The average molecular weight is 279 g/mol. The van der Waals surface area contributed by atoms with Crippen molar-refractivity contribution in [3.8, 4) is 0 Å². The molecule has 0 aliphatic carbocycles. The first-order valence-corrected chi connectivity index (χ1v) is 6.33. The first-order valence-electron chi connectivity index (χ1n) is 6.33. The van der Waals surface area contributed by atoms with E-state index in [0.29, 0.717) is 0 Å². The highest BCUT2D eigenvalue weighted by Crippen LogP contribution is 2.27. The second kappa shape index (κ2) is 5.67. The lowest BCUT2D eigenvalue weighted by molar-refractivity contribution is 0.435. The van der Waals surface area contributed by atoms with Gasteiger partial charge < -0.3 is 5.32 Å². The minimum absolute atomic E-state index is 0.0939. The summed E-state index contributed by atoms with van der Waals surface area (Å²) in [6, 6.07) is 7.48. The van der Waals surface area contributed by atoms with Gasteiger partial charge in [0.25, 0.3) is 0 Å². The molecule has 0 saturated carbocycles. The van der Waals surface area contributed by atoms with Gasteiger partial charge in [-0.25, -0.2) is 13.2 Å². The number of rotatable bonds is 3. The minimum Gasteiger partial charge on any atom is -0.309 e. The van der Waals surface area contributed by atoms with Crippen LogP contribution in [0.2, 0.25) is 0 Å². The highest BCUT2D eigenvalue weighted by molar-refractivity contribution is 5.37. The number of aryl methyl sites for hydroxylation is 2. The summed E-state index contributed by atoms with van der Waals surface area (Å²) in [6.45, 7) is 3.87. The lowest BCUT2D eigenvalue weighted by atomic mass is 9.95. The topological polar surface area (TPSA) is 12.0 Å². The van der Waals surface area contributed by atoms with Crippen LogP contribution in [0, 0.1) is 31.3 Å². The van der Waals surface area contributed by atoms with Gasteiger partial charge in [-0.3, -0.25) is 0 Å². The summed E-state index contributed by atoms with van der Waals surface area (Å²) in [4.78, 5) is 0. The molecule has 0 fully saturated rings. The molecule has 1 N–H and O–H groups in total. The zero-order valence-corrected chi connectivity index (χ0v) is 11.6. The molecule has 2 rings (SSSR count). The van der Waals surface area contributed by atoms with Crippen molar-refractivity contribution in [1.29, 1.82) is 0 Å². The van der Waals surface area contributed by atoms with Crippen molar-refractivity contribution in [3.63, 3.8) is 0 Å². The average Bonchev–Trinajstić information content (AvgIpc) is 2.38. The van der Waals surface area contributed by atoms with Gasteiger partial charge in [-0.15, -0.1) is 0 Å². The summed E-state index contributed by atoms with van der Waals surface area (Å²) >= 11 is 0. The molecule has 0 saturated heterocycles. The molecular formula is C16H16F3N. The molecule has 0 radical (unpaired) electrons. The van der Waals surface area contributed by atoms with Gasteiger partial charge in [-0.05, 0) is 32.5 Å². The number of halogens is 3. The van der Waals surface area contributed by atoms with Gasteiger partial charge in [0.15, 0.2) is 17.5 Å². The first-order chi connectivity index (χ1) is 9.43. The van der Waals surface area contributed by atoms with Gasteiger partial charge >= 0.3 is 0 Å². The maximum absolute atomic E-state index is 13.9. The molecule has 1 nitrogen and oxygen atoms in total. The molecule has 0 aliphatic heterocycles. The van der Waals surface area contributed by atoms with Crippen LogP contribution < -0.4 is 5.32 Å². The number of nitrogens with one attached hydrogen (secondary N) is 1. The fourth-order valence-electron chi connectivity index (χ4n) is 2.44.